The van der Waals surface area contributed by atoms with Crippen LogP contribution in [0.5, 0.6) is 0 Å². The number of nitrogens with two attached hydrogens (primary N) is 1. The molecule has 0 saturated heterocycles. The van der Waals surface area contributed by atoms with E-state index in [0.29, 0.717) is 20.9 Å². The summed E-state index contributed by atoms with van der Waals surface area (Å²) in [6, 6.07) is 3.54. The molecule has 0 fully saturated rings. The van der Waals surface area contributed by atoms with Gasteiger partial charge in [-0.25, -0.2) is 0 Å². The summed E-state index contributed by atoms with van der Waals surface area (Å²) in [5.41, 5.74) is 6.03. The van der Waals surface area contributed by atoms with Gasteiger partial charge in [-0.05, 0) is 12.1 Å². The molecule has 2 aromatic heterocycles. The third-order valence-corrected chi connectivity index (χ3v) is 3.53. The third-order valence-electron chi connectivity index (χ3n) is 1.65. The maximum absolute atomic E-state index is 11.6. The number of aromatic nitrogens is 3. The predicted octanol–water partition coefficient (Wildman–Crippen LogP) is 1.42. The highest BCUT2D eigenvalue weighted by Gasteiger charge is 2.09. The Balaban J connectivity index is 1.91. The van der Waals surface area contributed by atoms with Crippen molar-refractivity contribution in [2.75, 3.05) is 11.5 Å². The fourth-order valence-corrected chi connectivity index (χ4v) is 2.51. The van der Waals surface area contributed by atoms with Crippen LogP contribution >= 0.6 is 23.1 Å². The molecule has 0 atom stereocenters. The molecule has 7 heteroatoms. The maximum atomic E-state index is 11.6. The molecule has 0 spiro atoms. The highest BCUT2D eigenvalue weighted by molar-refractivity contribution is 8.01. The van der Waals surface area contributed by atoms with Gasteiger partial charge in [-0.3, -0.25) is 4.79 Å². The predicted molar refractivity (Wildman–Crippen MR) is 60.2 cm³/mol. The van der Waals surface area contributed by atoms with Gasteiger partial charge in [-0.15, -0.1) is 10.2 Å². The lowest BCUT2D eigenvalue weighted by atomic mass is 10.3. The number of nitrogens with zero attached hydrogens (tertiary/aromatic N) is 2. The summed E-state index contributed by atoms with van der Waals surface area (Å²) in [7, 11) is 0. The van der Waals surface area contributed by atoms with Gasteiger partial charge >= 0.3 is 0 Å². The molecule has 78 valence electrons. The van der Waals surface area contributed by atoms with Gasteiger partial charge in [0.1, 0.15) is 0 Å². The van der Waals surface area contributed by atoms with E-state index in [4.69, 9.17) is 5.73 Å². The van der Waals surface area contributed by atoms with Crippen LogP contribution in [-0.4, -0.2) is 26.7 Å². The first-order valence-corrected chi connectivity index (χ1v) is 5.94. The van der Waals surface area contributed by atoms with Gasteiger partial charge < -0.3 is 10.7 Å². The first kappa shape index (κ1) is 10.2. The van der Waals surface area contributed by atoms with Crippen molar-refractivity contribution in [1.82, 2.24) is 15.2 Å². The van der Waals surface area contributed by atoms with E-state index >= 15 is 0 Å². The Kier molecular flexibility index (Phi) is 3.02. The van der Waals surface area contributed by atoms with Crippen LogP contribution in [0, 0.1) is 0 Å². The highest BCUT2D eigenvalue weighted by Crippen LogP contribution is 2.23. The fourth-order valence-electron chi connectivity index (χ4n) is 0.988. The zero-order valence-corrected chi connectivity index (χ0v) is 9.27. The van der Waals surface area contributed by atoms with E-state index in [9.17, 15) is 4.79 Å². The van der Waals surface area contributed by atoms with Gasteiger partial charge in [0, 0.05) is 6.20 Å². The molecule has 2 rings (SSSR count). The summed E-state index contributed by atoms with van der Waals surface area (Å²) in [6.07, 6.45) is 1.72. The number of hydrogen-bond acceptors (Lipinski definition) is 6. The lowest BCUT2D eigenvalue weighted by Gasteiger charge is -1.94. The van der Waals surface area contributed by atoms with Gasteiger partial charge in [-0.2, -0.15) is 0 Å². The Labute approximate surface area is 94.1 Å². The molecule has 0 aromatic carbocycles. The topological polar surface area (TPSA) is 84.7 Å². The van der Waals surface area contributed by atoms with Gasteiger partial charge in [0.2, 0.25) is 5.13 Å². The van der Waals surface area contributed by atoms with Crippen molar-refractivity contribution in [2.45, 2.75) is 4.34 Å². The minimum absolute atomic E-state index is 0.0405. The molecule has 3 N–H and O–H groups in total. The molecule has 0 saturated carbocycles. The smallest absolute Gasteiger partial charge is 0.203 e. The lowest BCUT2D eigenvalue weighted by molar-refractivity contribution is 0.101. The number of aromatic amines is 1. The number of anilines is 1. The van der Waals surface area contributed by atoms with Crippen molar-refractivity contribution < 1.29 is 4.79 Å². The second-order valence-corrected chi connectivity index (χ2v) is 4.93. The Morgan fingerprint density at radius 1 is 1.60 bits per heavy atom. The van der Waals surface area contributed by atoms with Crippen molar-refractivity contribution in [1.29, 1.82) is 0 Å². The summed E-state index contributed by atoms with van der Waals surface area (Å²) < 4.78 is 0.715. The minimum atomic E-state index is 0.0405. The SMILES string of the molecule is Nc1nnc(SCC(=O)c2ccc[nH]2)s1. The third kappa shape index (κ3) is 2.57. The molecule has 0 aliphatic heterocycles. The zero-order valence-electron chi connectivity index (χ0n) is 7.64. The normalized spacial score (nSPS) is 10.4. The van der Waals surface area contributed by atoms with E-state index < -0.39 is 0 Å². The van der Waals surface area contributed by atoms with Crippen molar-refractivity contribution in [3.63, 3.8) is 0 Å². The Hall–Kier alpha value is -1.34. The standard InChI is InChI=1S/C8H8N4OS2/c9-7-11-12-8(15-7)14-4-6(13)5-2-1-3-10-5/h1-3,10H,4H2,(H2,9,11). The molecule has 0 bridgehead atoms. The van der Waals surface area contributed by atoms with Crippen LogP contribution in [0.15, 0.2) is 22.7 Å². The van der Waals surface area contributed by atoms with Crippen LogP contribution in [0.25, 0.3) is 0 Å². The van der Waals surface area contributed by atoms with Gasteiger partial charge in [0.25, 0.3) is 0 Å². The number of nitrogen functional groups attached to an aromatic ring is 1. The molecule has 0 radical (unpaired) electrons. The number of rotatable bonds is 4. The van der Waals surface area contributed by atoms with E-state index in [-0.39, 0.29) is 5.78 Å². The monoisotopic (exact) mass is 240 g/mol. The molecule has 5 nitrogen and oxygen atoms in total. The van der Waals surface area contributed by atoms with Crippen molar-refractivity contribution in [3.8, 4) is 0 Å². The van der Waals surface area contributed by atoms with E-state index in [1.165, 1.54) is 23.1 Å². The summed E-state index contributed by atoms with van der Waals surface area (Å²) >= 11 is 2.63. The number of ketones is 1. The van der Waals surface area contributed by atoms with Crippen LogP contribution in [0.3, 0.4) is 0 Å². The lowest BCUT2D eigenvalue weighted by Crippen LogP contribution is -2.02. The van der Waals surface area contributed by atoms with Gasteiger partial charge in [0.15, 0.2) is 10.1 Å². The highest BCUT2D eigenvalue weighted by atomic mass is 32.2. The Bertz CT molecular complexity index is 451. The van der Waals surface area contributed by atoms with Crippen LogP contribution in [0.4, 0.5) is 5.13 Å². The molecule has 0 aliphatic carbocycles. The molecule has 15 heavy (non-hydrogen) atoms. The average molecular weight is 240 g/mol. The Morgan fingerprint density at radius 3 is 3.07 bits per heavy atom. The molecule has 2 aromatic rings. The first-order chi connectivity index (χ1) is 7.25. The molecule has 0 aliphatic rings. The fraction of sp³-hybridized carbons (Fsp3) is 0.125. The average Bonchev–Trinajstić information content (AvgIpc) is 2.84. The molecule has 2 heterocycles. The van der Waals surface area contributed by atoms with Crippen LogP contribution in [-0.2, 0) is 0 Å². The van der Waals surface area contributed by atoms with Crippen LogP contribution < -0.4 is 5.73 Å². The Morgan fingerprint density at radius 2 is 2.47 bits per heavy atom. The van der Waals surface area contributed by atoms with E-state index in [1.54, 1.807) is 18.3 Å². The quantitative estimate of drug-likeness (QED) is 0.623. The number of carbonyl (C=O) groups is 1. The number of Topliss-reactive ketones (excluding diaryl/α,β-unsaturated/α-hetero) is 1. The van der Waals surface area contributed by atoms with Crippen LogP contribution in [0.2, 0.25) is 0 Å². The number of carbonyl (C=O) groups excluding carboxylic acids is 1. The van der Waals surface area contributed by atoms with Gasteiger partial charge in [-0.1, -0.05) is 23.1 Å². The summed E-state index contributed by atoms with van der Waals surface area (Å²) in [4.78, 5) is 14.4. The van der Waals surface area contributed by atoms with Crippen LogP contribution in [0.1, 0.15) is 10.5 Å². The van der Waals surface area contributed by atoms with Crippen molar-refractivity contribution >= 4 is 34.0 Å². The summed E-state index contributed by atoms with van der Waals surface area (Å²) in [5.74, 6) is 0.383. The van der Waals surface area contributed by atoms with Crippen molar-refractivity contribution in [2.24, 2.45) is 0 Å². The number of hydrogen-bond donors (Lipinski definition) is 2. The number of thioether (sulfide) groups is 1. The molecular formula is C8H8N4OS2. The number of H-pyrrole nitrogens is 1. The maximum Gasteiger partial charge on any atom is 0.203 e. The molecular weight excluding hydrogens is 232 g/mol. The second kappa shape index (κ2) is 4.45. The van der Waals surface area contributed by atoms with E-state index in [2.05, 4.69) is 15.2 Å². The number of nitrogens with one attached hydrogen (secondary N) is 1. The molecule has 0 unspecified atom stereocenters. The first-order valence-electron chi connectivity index (χ1n) is 4.14. The second-order valence-electron chi connectivity index (χ2n) is 2.70. The summed E-state index contributed by atoms with van der Waals surface area (Å²) in [6.45, 7) is 0. The minimum Gasteiger partial charge on any atom is -0.374 e. The van der Waals surface area contributed by atoms with Crippen molar-refractivity contribution in [3.05, 3.63) is 24.0 Å². The largest absolute Gasteiger partial charge is 0.374 e. The van der Waals surface area contributed by atoms with Gasteiger partial charge in [0.05, 0.1) is 11.4 Å². The molecule has 0 amide bonds. The van der Waals surface area contributed by atoms with E-state index in [1.807, 2.05) is 0 Å². The summed E-state index contributed by atoms with van der Waals surface area (Å²) in [5, 5.41) is 7.90. The zero-order chi connectivity index (χ0) is 10.7. The van der Waals surface area contributed by atoms with E-state index in [0.717, 1.165) is 0 Å².